The van der Waals surface area contributed by atoms with Crippen LogP contribution in [0.4, 0.5) is 5.69 Å². The summed E-state index contributed by atoms with van der Waals surface area (Å²) in [5.74, 6) is 0.493. The van der Waals surface area contributed by atoms with E-state index in [0.29, 0.717) is 16.9 Å². The molecule has 5 aromatic rings. The Balaban J connectivity index is 1.52. The smallest absolute Gasteiger partial charge is 0.256 e. The number of pyridine rings is 2. The number of amides is 1. The van der Waals surface area contributed by atoms with E-state index in [2.05, 4.69) is 33.4 Å². The summed E-state index contributed by atoms with van der Waals surface area (Å²) in [6.45, 7) is 6.14. The topological polar surface area (TPSA) is 90.5 Å². The number of nitrogens with one attached hydrogen (secondary N) is 1. The van der Waals surface area contributed by atoms with Crippen molar-refractivity contribution in [2.24, 2.45) is 0 Å². The average Bonchev–Trinajstić information content (AvgIpc) is 3.54. The molecule has 0 unspecified atom stereocenters. The van der Waals surface area contributed by atoms with Crippen molar-refractivity contribution >= 4 is 34.0 Å². The Kier molecular flexibility index (Phi) is 5.02. The largest absolute Gasteiger partial charge is 0.321 e. The number of nitrogens with zero attached hydrogens (tertiary/aromatic N) is 6. The summed E-state index contributed by atoms with van der Waals surface area (Å²) in [7, 11) is 0. The number of fused-ring (bicyclic) bond motifs is 1. The summed E-state index contributed by atoms with van der Waals surface area (Å²) in [5.41, 5.74) is 2.59. The first-order chi connectivity index (χ1) is 15.5. The average molecular weight is 444 g/mol. The van der Waals surface area contributed by atoms with E-state index in [-0.39, 0.29) is 11.9 Å². The van der Waals surface area contributed by atoms with Crippen molar-refractivity contribution in [2.45, 2.75) is 26.8 Å². The molecule has 1 N–H and O–H groups in total. The number of hydrogen-bond acceptors (Lipinski definition) is 6. The van der Waals surface area contributed by atoms with Gasteiger partial charge in [-0.15, -0.1) is 11.3 Å². The number of carbonyl (C=O) groups is 1. The number of rotatable bonds is 5. The predicted molar refractivity (Wildman–Crippen MR) is 125 cm³/mol. The highest BCUT2D eigenvalue weighted by Crippen LogP contribution is 2.31. The summed E-state index contributed by atoms with van der Waals surface area (Å²) in [6.07, 6.45) is 8.52. The van der Waals surface area contributed by atoms with Gasteiger partial charge in [-0.05, 0) is 51.1 Å². The lowest BCUT2D eigenvalue weighted by molar-refractivity contribution is 0.102. The molecule has 1 amide bonds. The van der Waals surface area contributed by atoms with Crippen LogP contribution in [0.15, 0.2) is 61.4 Å². The van der Waals surface area contributed by atoms with E-state index < -0.39 is 0 Å². The molecule has 0 aromatic carbocycles. The fraction of sp³-hybridized carbons (Fsp3) is 0.174. The van der Waals surface area contributed by atoms with Crippen LogP contribution in [-0.2, 0) is 0 Å². The summed E-state index contributed by atoms with van der Waals surface area (Å²) >= 11 is 1.65. The van der Waals surface area contributed by atoms with Crippen LogP contribution in [0, 0.1) is 6.92 Å². The lowest BCUT2D eigenvalue weighted by Crippen LogP contribution is -2.13. The van der Waals surface area contributed by atoms with Crippen LogP contribution in [-0.4, -0.2) is 35.2 Å². The van der Waals surface area contributed by atoms with Gasteiger partial charge in [-0.3, -0.25) is 9.36 Å². The van der Waals surface area contributed by atoms with Crippen LogP contribution in [0.2, 0.25) is 0 Å². The molecule has 9 heteroatoms. The summed E-state index contributed by atoms with van der Waals surface area (Å²) in [4.78, 5) is 28.8. The van der Waals surface area contributed by atoms with Crippen LogP contribution in [0.5, 0.6) is 0 Å². The molecule has 5 heterocycles. The Labute approximate surface area is 188 Å². The SMILES string of the molecule is Cc1ccc(-c2cc(C(=O)Nc3ccc(-n4ccnc4)nc3)c3cnn(C(C)C)c3n2)s1. The van der Waals surface area contributed by atoms with E-state index in [1.165, 1.54) is 4.88 Å². The van der Waals surface area contributed by atoms with Gasteiger partial charge in [-0.2, -0.15) is 5.10 Å². The number of aromatic nitrogens is 6. The molecule has 0 spiro atoms. The minimum Gasteiger partial charge on any atom is -0.321 e. The molecule has 0 aliphatic carbocycles. The number of thiophene rings is 1. The normalized spacial score (nSPS) is 11.4. The van der Waals surface area contributed by atoms with Crippen molar-refractivity contribution < 1.29 is 4.79 Å². The number of aryl methyl sites for hydroxylation is 1. The van der Waals surface area contributed by atoms with Gasteiger partial charge in [0.25, 0.3) is 5.91 Å². The lowest BCUT2D eigenvalue weighted by Gasteiger charge is -2.11. The summed E-state index contributed by atoms with van der Waals surface area (Å²) < 4.78 is 3.64. The molecule has 0 aliphatic rings. The maximum Gasteiger partial charge on any atom is 0.256 e. The van der Waals surface area contributed by atoms with Gasteiger partial charge < -0.3 is 5.32 Å². The number of hydrogen-bond donors (Lipinski definition) is 1. The maximum absolute atomic E-state index is 13.3. The number of anilines is 1. The fourth-order valence-corrected chi connectivity index (χ4v) is 4.32. The first kappa shape index (κ1) is 20.1. The highest BCUT2D eigenvalue weighted by atomic mass is 32.1. The van der Waals surface area contributed by atoms with E-state index in [4.69, 9.17) is 4.98 Å². The number of imidazole rings is 1. The Bertz CT molecular complexity index is 1400. The van der Waals surface area contributed by atoms with E-state index in [0.717, 1.165) is 21.8 Å². The first-order valence-corrected chi connectivity index (χ1v) is 11.0. The van der Waals surface area contributed by atoms with Gasteiger partial charge in [0.05, 0.1) is 39.6 Å². The first-order valence-electron chi connectivity index (χ1n) is 10.2. The summed E-state index contributed by atoms with van der Waals surface area (Å²) in [6, 6.07) is 9.69. The third-order valence-corrected chi connectivity index (χ3v) is 6.09. The minimum atomic E-state index is -0.229. The highest BCUT2D eigenvalue weighted by molar-refractivity contribution is 7.15. The minimum absolute atomic E-state index is 0.121. The van der Waals surface area contributed by atoms with Crippen molar-refractivity contribution in [3.8, 4) is 16.4 Å². The molecule has 0 aliphatic heterocycles. The van der Waals surface area contributed by atoms with E-state index >= 15 is 0 Å². The van der Waals surface area contributed by atoms with Crippen LogP contribution in [0.1, 0.15) is 35.1 Å². The Hall–Kier alpha value is -3.85. The van der Waals surface area contributed by atoms with Crippen molar-refractivity contribution in [1.82, 2.24) is 29.3 Å². The van der Waals surface area contributed by atoms with E-state index in [1.54, 1.807) is 40.8 Å². The highest BCUT2D eigenvalue weighted by Gasteiger charge is 2.19. The third kappa shape index (κ3) is 3.67. The standard InChI is InChI=1S/C23H21N7OS/c1-14(2)30-22-18(12-26-30)17(10-19(28-22)20-6-4-15(3)32-20)23(31)27-16-5-7-21(25-11-16)29-9-8-24-13-29/h4-14H,1-3H3,(H,27,31). The molecule has 0 bridgehead atoms. The zero-order chi connectivity index (χ0) is 22.2. The molecule has 0 saturated heterocycles. The molecule has 0 radical (unpaired) electrons. The van der Waals surface area contributed by atoms with Gasteiger partial charge in [0.15, 0.2) is 5.65 Å². The van der Waals surface area contributed by atoms with Crippen LogP contribution >= 0.6 is 11.3 Å². The molecular weight excluding hydrogens is 422 g/mol. The number of carbonyl (C=O) groups excluding carboxylic acids is 1. The van der Waals surface area contributed by atoms with Gasteiger partial charge in [-0.25, -0.2) is 19.6 Å². The van der Waals surface area contributed by atoms with Gasteiger partial charge in [-0.1, -0.05) is 0 Å². The van der Waals surface area contributed by atoms with Crippen LogP contribution in [0.3, 0.4) is 0 Å². The Morgan fingerprint density at radius 1 is 1.16 bits per heavy atom. The molecule has 160 valence electrons. The second kappa shape index (κ2) is 8.01. The molecule has 8 nitrogen and oxygen atoms in total. The van der Waals surface area contributed by atoms with E-state index in [9.17, 15) is 4.79 Å². The van der Waals surface area contributed by atoms with Crippen LogP contribution in [0.25, 0.3) is 27.4 Å². The van der Waals surface area contributed by atoms with Gasteiger partial charge >= 0.3 is 0 Å². The molecule has 0 fully saturated rings. The van der Waals surface area contributed by atoms with Crippen molar-refractivity contribution in [2.75, 3.05) is 5.32 Å². The van der Waals surface area contributed by atoms with Crippen LogP contribution < -0.4 is 5.32 Å². The molecule has 0 atom stereocenters. The molecule has 0 saturated carbocycles. The quantitative estimate of drug-likeness (QED) is 0.418. The monoisotopic (exact) mass is 443 g/mol. The third-order valence-electron chi connectivity index (χ3n) is 5.07. The molecule has 5 rings (SSSR count). The predicted octanol–water partition coefficient (Wildman–Crippen LogP) is 4.88. The Morgan fingerprint density at radius 2 is 2.03 bits per heavy atom. The second-order valence-electron chi connectivity index (χ2n) is 7.71. The molecule has 5 aromatic heterocycles. The van der Waals surface area contributed by atoms with Crippen molar-refractivity contribution in [1.29, 1.82) is 0 Å². The van der Waals surface area contributed by atoms with Crippen molar-refractivity contribution in [3.05, 3.63) is 71.9 Å². The zero-order valence-corrected chi connectivity index (χ0v) is 18.7. The van der Waals surface area contributed by atoms with Gasteiger partial charge in [0.2, 0.25) is 0 Å². The van der Waals surface area contributed by atoms with Crippen molar-refractivity contribution in [3.63, 3.8) is 0 Å². The zero-order valence-electron chi connectivity index (χ0n) is 17.9. The second-order valence-corrected chi connectivity index (χ2v) is 9.00. The summed E-state index contributed by atoms with van der Waals surface area (Å²) in [5, 5.41) is 8.16. The fourth-order valence-electron chi connectivity index (χ4n) is 3.49. The maximum atomic E-state index is 13.3. The molecule has 32 heavy (non-hydrogen) atoms. The van der Waals surface area contributed by atoms with Gasteiger partial charge in [0.1, 0.15) is 12.1 Å². The van der Waals surface area contributed by atoms with E-state index in [1.807, 2.05) is 49.0 Å². The lowest BCUT2D eigenvalue weighted by atomic mass is 10.1. The van der Waals surface area contributed by atoms with Gasteiger partial charge in [0, 0.05) is 23.3 Å². The molecular formula is C23H21N7OS. The Morgan fingerprint density at radius 3 is 2.69 bits per heavy atom.